The van der Waals surface area contributed by atoms with Gasteiger partial charge in [-0.15, -0.1) is 11.6 Å². The van der Waals surface area contributed by atoms with E-state index in [9.17, 15) is 0 Å². The van der Waals surface area contributed by atoms with Gasteiger partial charge in [0.15, 0.2) is 0 Å². The third kappa shape index (κ3) is 1.77. The van der Waals surface area contributed by atoms with E-state index in [-0.39, 0.29) is 0 Å². The first-order valence-corrected chi connectivity index (χ1v) is 5.32. The Hall–Kier alpha value is -0.400. The van der Waals surface area contributed by atoms with Gasteiger partial charge >= 0.3 is 0 Å². The van der Waals surface area contributed by atoms with Gasteiger partial charge in [0.05, 0.1) is 10.7 Å². The lowest BCUT2D eigenvalue weighted by atomic mass is 10.1. The van der Waals surface area contributed by atoms with Gasteiger partial charge in [-0.2, -0.15) is 0 Å². The SMILES string of the molecule is ClCc1ccc(N2CCC2)c(Cl)c1. The maximum Gasteiger partial charge on any atom is 0.0642 e. The number of halogens is 2. The molecule has 1 heterocycles. The zero-order valence-electron chi connectivity index (χ0n) is 7.26. The Bertz CT molecular complexity index is 308. The van der Waals surface area contributed by atoms with Crippen LogP contribution in [0.3, 0.4) is 0 Å². The number of alkyl halides is 1. The van der Waals surface area contributed by atoms with Gasteiger partial charge in [0.25, 0.3) is 0 Å². The molecule has 0 saturated carbocycles. The molecule has 0 atom stereocenters. The van der Waals surface area contributed by atoms with E-state index in [1.807, 2.05) is 12.1 Å². The predicted molar refractivity (Wildman–Crippen MR) is 57.8 cm³/mol. The lowest BCUT2D eigenvalue weighted by Crippen LogP contribution is -2.37. The molecule has 0 bridgehead atoms. The van der Waals surface area contributed by atoms with Crippen molar-refractivity contribution in [2.24, 2.45) is 0 Å². The molecule has 0 radical (unpaired) electrons. The van der Waals surface area contributed by atoms with Crippen molar-refractivity contribution in [1.82, 2.24) is 0 Å². The molecule has 0 amide bonds. The van der Waals surface area contributed by atoms with E-state index < -0.39 is 0 Å². The summed E-state index contributed by atoms with van der Waals surface area (Å²) in [6, 6.07) is 6.04. The van der Waals surface area contributed by atoms with Crippen molar-refractivity contribution in [3.63, 3.8) is 0 Å². The van der Waals surface area contributed by atoms with Crippen LogP contribution in [0.25, 0.3) is 0 Å². The molecule has 70 valence electrons. The number of hydrogen-bond donors (Lipinski definition) is 0. The molecule has 0 spiro atoms. The van der Waals surface area contributed by atoms with Crippen LogP contribution >= 0.6 is 23.2 Å². The molecule has 0 aliphatic carbocycles. The van der Waals surface area contributed by atoms with E-state index in [0.29, 0.717) is 5.88 Å². The van der Waals surface area contributed by atoms with Crippen LogP contribution in [-0.2, 0) is 5.88 Å². The third-order valence-corrected chi connectivity index (χ3v) is 2.97. The summed E-state index contributed by atoms with van der Waals surface area (Å²) in [5.74, 6) is 0.528. The molecule has 1 aliphatic heterocycles. The molecule has 13 heavy (non-hydrogen) atoms. The van der Waals surface area contributed by atoms with E-state index in [4.69, 9.17) is 23.2 Å². The van der Waals surface area contributed by atoms with Crippen molar-refractivity contribution in [1.29, 1.82) is 0 Å². The fourth-order valence-corrected chi connectivity index (χ4v) is 1.94. The summed E-state index contributed by atoms with van der Waals surface area (Å²) in [6.45, 7) is 2.25. The zero-order valence-corrected chi connectivity index (χ0v) is 8.78. The van der Waals surface area contributed by atoms with Crippen molar-refractivity contribution < 1.29 is 0 Å². The van der Waals surface area contributed by atoms with E-state index in [1.54, 1.807) is 0 Å². The largest absolute Gasteiger partial charge is 0.370 e. The van der Waals surface area contributed by atoms with Gasteiger partial charge in [0.1, 0.15) is 0 Å². The monoisotopic (exact) mass is 215 g/mol. The predicted octanol–water partition coefficient (Wildman–Crippen LogP) is 3.29. The molecular formula is C10H11Cl2N. The molecule has 0 N–H and O–H groups in total. The molecule has 2 rings (SSSR count). The summed E-state index contributed by atoms with van der Waals surface area (Å²) < 4.78 is 0. The van der Waals surface area contributed by atoms with E-state index in [1.165, 1.54) is 6.42 Å². The van der Waals surface area contributed by atoms with Crippen molar-refractivity contribution in [2.75, 3.05) is 18.0 Å². The topological polar surface area (TPSA) is 3.24 Å². The van der Waals surface area contributed by atoms with E-state index in [2.05, 4.69) is 11.0 Å². The van der Waals surface area contributed by atoms with Crippen LogP contribution in [0.4, 0.5) is 5.69 Å². The van der Waals surface area contributed by atoms with Crippen LogP contribution in [0.5, 0.6) is 0 Å². The summed E-state index contributed by atoms with van der Waals surface area (Å²) in [6.07, 6.45) is 1.27. The Balaban J connectivity index is 2.26. The zero-order chi connectivity index (χ0) is 9.26. The second-order valence-corrected chi connectivity index (χ2v) is 3.93. The molecule has 1 fully saturated rings. The first-order chi connectivity index (χ1) is 6.31. The minimum Gasteiger partial charge on any atom is -0.370 e. The highest BCUT2D eigenvalue weighted by molar-refractivity contribution is 6.33. The Morgan fingerprint density at radius 2 is 2.08 bits per heavy atom. The highest BCUT2D eigenvalue weighted by atomic mass is 35.5. The van der Waals surface area contributed by atoms with Crippen LogP contribution in [0, 0.1) is 0 Å². The number of hydrogen-bond acceptors (Lipinski definition) is 1. The minimum absolute atomic E-state index is 0.528. The van der Waals surface area contributed by atoms with Gasteiger partial charge in [-0.1, -0.05) is 17.7 Å². The summed E-state index contributed by atoms with van der Waals surface area (Å²) in [5, 5.41) is 0.817. The van der Waals surface area contributed by atoms with Crippen molar-refractivity contribution in [3.05, 3.63) is 28.8 Å². The van der Waals surface area contributed by atoms with E-state index in [0.717, 1.165) is 29.4 Å². The van der Waals surface area contributed by atoms with Crippen LogP contribution < -0.4 is 4.90 Å². The average Bonchev–Trinajstić information content (AvgIpc) is 2.05. The summed E-state index contributed by atoms with van der Waals surface area (Å²) in [5.41, 5.74) is 2.22. The van der Waals surface area contributed by atoms with Crippen LogP contribution in [0.1, 0.15) is 12.0 Å². The fraction of sp³-hybridized carbons (Fsp3) is 0.400. The van der Waals surface area contributed by atoms with Crippen molar-refractivity contribution >= 4 is 28.9 Å². The van der Waals surface area contributed by atoms with E-state index >= 15 is 0 Å². The lowest BCUT2D eigenvalue weighted by Gasteiger charge is -2.33. The maximum absolute atomic E-state index is 6.12. The summed E-state index contributed by atoms with van der Waals surface area (Å²) >= 11 is 11.8. The molecule has 1 saturated heterocycles. The van der Waals surface area contributed by atoms with Gasteiger partial charge < -0.3 is 4.90 Å². The molecule has 1 aromatic rings. The normalized spacial score (nSPS) is 15.7. The molecular weight excluding hydrogens is 205 g/mol. The number of anilines is 1. The molecule has 3 heteroatoms. The average molecular weight is 216 g/mol. The lowest BCUT2D eigenvalue weighted by molar-refractivity contribution is 0.618. The summed E-state index contributed by atoms with van der Waals surface area (Å²) in [4.78, 5) is 2.28. The van der Waals surface area contributed by atoms with Crippen LogP contribution in [0.2, 0.25) is 5.02 Å². The second-order valence-electron chi connectivity index (χ2n) is 3.26. The van der Waals surface area contributed by atoms with Gasteiger partial charge in [-0.25, -0.2) is 0 Å². The number of benzene rings is 1. The quantitative estimate of drug-likeness (QED) is 0.685. The molecule has 0 aromatic heterocycles. The minimum atomic E-state index is 0.528. The highest BCUT2D eigenvalue weighted by Crippen LogP contribution is 2.30. The first kappa shape index (κ1) is 9.17. The van der Waals surface area contributed by atoms with Crippen LogP contribution in [0.15, 0.2) is 18.2 Å². The second kappa shape index (κ2) is 3.77. The number of rotatable bonds is 2. The Morgan fingerprint density at radius 1 is 1.31 bits per heavy atom. The highest BCUT2D eigenvalue weighted by Gasteiger charge is 2.16. The number of nitrogens with zero attached hydrogens (tertiary/aromatic N) is 1. The van der Waals surface area contributed by atoms with Gasteiger partial charge in [-0.3, -0.25) is 0 Å². The summed E-state index contributed by atoms with van der Waals surface area (Å²) in [7, 11) is 0. The molecule has 0 unspecified atom stereocenters. The molecule has 1 aromatic carbocycles. The standard InChI is InChI=1S/C10H11Cl2N/c11-7-8-2-3-10(9(12)6-8)13-4-1-5-13/h2-3,6H,1,4-5,7H2. The van der Waals surface area contributed by atoms with Gasteiger partial charge in [0.2, 0.25) is 0 Å². The van der Waals surface area contributed by atoms with Crippen molar-refractivity contribution in [3.8, 4) is 0 Å². The van der Waals surface area contributed by atoms with Crippen LogP contribution in [-0.4, -0.2) is 13.1 Å². The molecule has 1 nitrogen and oxygen atoms in total. The maximum atomic E-state index is 6.12. The molecule has 1 aliphatic rings. The first-order valence-electron chi connectivity index (χ1n) is 4.40. The van der Waals surface area contributed by atoms with Gasteiger partial charge in [0, 0.05) is 19.0 Å². The van der Waals surface area contributed by atoms with Crippen molar-refractivity contribution in [2.45, 2.75) is 12.3 Å². The Morgan fingerprint density at radius 3 is 2.54 bits per heavy atom. The fourth-order valence-electron chi connectivity index (χ4n) is 1.45. The van der Waals surface area contributed by atoms with Gasteiger partial charge in [-0.05, 0) is 24.1 Å². The Kier molecular flexibility index (Phi) is 2.66. The Labute approximate surface area is 88.3 Å². The smallest absolute Gasteiger partial charge is 0.0642 e. The third-order valence-electron chi connectivity index (χ3n) is 2.36.